The van der Waals surface area contributed by atoms with E-state index in [9.17, 15) is 0 Å². The fourth-order valence-corrected chi connectivity index (χ4v) is 2.48. The lowest BCUT2D eigenvalue weighted by Gasteiger charge is -2.19. The lowest BCUT2D eigenvalue weighted by atomic mass is 9.94. The average molecular weight is 260 g/mol. The number of hydrogen-bond acceptors (Lipinski definition) is 1. The van der Waals surface area contributed by atoms with E-state index in [0.29, 0.717) is 22.0 Å². The molecule has 0 aliphatic rings. The van der Waals surface area contributed by atoms with Crippen LogP contribution >= 0.6 is 23.2 Å². The van der Waals surface area contributed by atoms with Gasteiger partial charge in [0.15, 0.2) is 0 Å². The highest BCUT2D eigenvalue weighted by molar-refractivity contribution is 6.42. The molecule has 1 rings (SSSR count). The second-order valence-corrected chi connectivity index (χ2v) is 5.02. The van der Waals surface area contributed by atoms with Crippen LogP contribution in [0.15, 0.2) is 18.2 Å². The van der Waals surface area contributed by atoms with E-state index in [1.165, 1.54) is 0 Å². The van der Waals surface area contributed by atoms with E-state index < -0.39 is 0 Å². The zero-order valence-corrected chi connectivity index (χ0v) is 11.6. The van der Waals surface area contributed by atoms with Crippen LogP contribution < -0.4 is 5.32 Å². The maximum absolute atomic E-state index is 6.20. The van der Waals surface area contributed by atoms with Gasteiger partial charge in [-0.05, 0) is 37.4 Å². The van der Waals surface area contributed by atoms with Gasteiger partial charge in [-0.25, -0.2) is 0 Å². The van der Waals surface area contributed by atoms with Crippen molar-refractivity contribution in [1.29, 1.82) is 0 Å². The Kier molecular flexibility index (Phi) is 5.60. The lowest BCUT2D eigenvalue weighted by molar-refractivity contribution is 0.491. The predicted octanol–water partition coefficient (Wildman–Crippen LogP) is 4.49. The Labute approximate surface area is 108 Å². The van der Waals surface area contributed by atoms with E-state index in [2.05, 4.69) is 32.2 Å². The molecule has 0 bridgehead atoms. The molecule has 1 aromatic rings. The second-order valence-electron chi connectivity index (χ2n) is 4.24. The Balaban J connectivity index is 2.72. The highest BCUT2D eigenvalue weighted by atomic mass is 35.5. The summed E-state index contributed by atoms with van der Waals surface area (Å²) in [6.45, 7) is 7.49. The summed E-state index contributed by atoms with van der Waals surface area (Å²) in [7, 11) is 0. The Bertz CT molecular complexity index is 339. The van der Waals surface area contributed by atoms with Crippen LogP contribution in [0, 0.1) is 0 Å². The molecule has 0 aliphatic carbocycles. The molecule has 90 valence electrons. The van der Waals surface area contributed by atoms with Gasteiger partial charge in [-0.15, -0.1) is 0 Å². The first-order valence-electron chi connectivity index (χ1n) is 5.73. The summed E-state index contributed by atoms with van der Waals surface area (Å²) in [6.07, 6.45) is 1.06. The lowest BCUT2D eigenvalue weighted by Crippen LogP contribution is -2.26. The normalized spacial score (nSPS) is 14.8. The smallest absolute Gasteiger partial charge is 0.0626 e. The van der Waals surface area contributed by atoms with E-state index in [1.54, 1.807) is 0 Å². The molecule has 0 heterocycles. The summed E-state index contributed by atoms with van der Waals surface area (Å²) in [5.41, 5.74) is 1.14. The fraction of sp³-hybridized carbons (Fsp3) is 0.538. The summed E-state index contributed by atoms with van der Waals surface area (Å²) in [5.74, 6) is 0.417. The largest absolute Gasteiger partial charge is 0.315 e. The van der Waals surface area contributed by atoms with E-state index in [1.807, 2.05) is 12.1 Å². The number of nitrogens with one attached hydrogen (secondary N) is 1. The Morgan fingerprint density at radius 1 is 1.25 bits per heavy atom. The van der Waals surface area contributed by atoms with Crippen molar-refractivity contribution >= 4 is 23.2 Å². The number of rotatable bonds is 5. The van der Waals surface area contributed by atoms with Crippen LogP contribution in [0.3, 0.4) is 0 Å². The van der Waals surface area contributed by atoms with Crippen LogP contribution in [0.5, 0.6) is 0 Å². The van der Waals surface area contributed by atoms with E-state index in [0.717, 1.165) is 18.5 Å². The van der Waals surface area contributed by atoms with Crippen LogP contribution in [0.25, 0.3) is 0 Å². The van der Waals surface area contributed by atoms with Crippen molar-refractivity contribution in [3.8, 4) is 0 Å². The molecule has 0 fully saturated rings. The first kappa shape index (κ1) is 13.8. The molecule has 0 saturated carbocycles. The van der Waals surface area contributed by atoms with Crippen LogP contribution in [0.1, 0.15) is 38.7 Å². The molecule has 0 saturated heterocycles. The molecule has 0 spiro atoms. The summed E-state index contributed by atoms with van der Waals surface area (Å²) in [6, 6.07) is 6.33. The van der Waals surface area contributed by atoms with Crippen molar-refractivity contribution in [2.75, 3.05) is 6.54 Å². The highest BCUT2D eigenvalue weighted by Crippen LogP contribution is 2.32. The molecular formula is C13H19Cl2N. The maximum atomic E-state index is 6.20. The monoisotopic (exact) mass is 259 g/mol. The maximum Gasteiger partial charge on any atom is 0.0626 e. The molecule has 1 nitrogen and oxygen atoms in total. The summed E-state index contributed by atoms with van der Waals surface area (Å²) in [5, 5.41) is 4.74. The zero-order valence-electron chi connectivity index (χ0n) is 10.1. The van der Waals surface area contributed by atoms with Crippen LogP contribution in [0.4, 0.5) is 0 Å². The number of halogens is 2. The fourth-order valence-electron chi connectivity index (χ4n) is 1.99. The topological polar surface area (TPSA) is 12.0 Å². The van der Waals surface area contributed by atoms with Gasteiger partial charge >= 0.3 is 0 Å². The third-order valence-electron chi connectivity index (χ3n) is 2.77. The van der Waals surface area contributed by atoms with Crippen LogP contribution in [-0.4, -0.2) is 12.6 Å². The molecule has 16 heavy (non-hydrogen) atoms. The molecule has 0 amide bonds. The van der Waals surface area contributed by atoms with Gasteiger partial charge in [-0.2, -0.15) is 0 Å². The minimum atomic E-state index is 0.417. The summed E-state index contributed by atoms with van der Waals surface area (Å²) < 4.78 is 0. The van der Waals surface area contributed by atoms with Gasteiger partial charge < -0.3 is 5.32 Å². The molecule has 1 N–H and O–H groups in total. The quantitative estimate of drug-likeness (QED) is 0.822. The van der Waals surface area contributed by atoms with Gasteiger partial charge in [0.25, 0.3) is 0 Å². The third kappa shape index (κ3) is 3.65. The van der Waals surface area contributed by atoms with E-state index in [-0.39, 0.29) is 0 Å². The minimum Gasteiger partial charge on any atom is -0.315 e. The van der Waals surface area contributed by atoms with Gasteiger partial charge in [0.2, 0.25) is 0 Å². The van der Waals surface area contributed by atoms with Crippen LogP contribution in [0.2, 0.25) is 10.0 Å². The summed E-state index contributed by atoms with van der Waals surface area (Å²) >= 11 is 12.2. The molecule has 0 aromatic heterocycles. The molecule has 0 radical (unpaired) electrons. The van der Waals surface area contributed by atoms with Gasteiger partial charge in [0.05, 0.1) is 10.0 Å². The Morgan fingerprint density at radius 3 is 2.56 bits per heavy atom. The van der Waals surface area contributed by atoms with E-state index >= 15 is 0 Å². The standard InChI is InChI=1S/C13H19Cl2N/c1-4-16-10(3)8-9(2)11-6-5-7-12(14)13(11)15/h5-7,9-10,16H,4,8H2,1-3H3. The van der Waals surface area contributed by atoms with Crippen molar-refractivity contribution in [2.24, 2.45) is 0 Å². The molecule has 2 unspecified atom stereocenters. The van der Waals surface area contributed by atoms with Gasteiger partial charge in [0, 0.05) is 6.04 Å². The van der Waals surface area contributed by atoms with Crippen LogP contribution in [-0.2, 0) is 0 Å². The molecule has 3 heteroatoms. The molecule has 0 aliphatic heterocycles. The Morgan fingerprint density at radius 2 is 1.94 bits per heavy atom. The molecular weight excluding hydrogens is 241 g/mol. The number of hydrogen-bond donors (Lipinski definition) is 1. The van der Waals surface area contributed by atoms with Crippen molar-refractivity contribution in [3.63, 3.8) is 0 Å². The van der Waals surface area contributed by atoms with Gasteiger partial charge in [0.1, 0.15) is 0 Å². The Hall–Kier alpha value is -0.240. The first-order valence-corrected chi connectivity index (χ1v) is 6.49. The molecule has 1 aromatic carbocycles. The average Bonchev–Trinajstić information content (AvgIpc) is 2.22. The van der Waals surface area contributed by atoms with Crippen molar-refractivity contribution in [2.45, 2.75) is 39.2 Å². The summed E-state index contributed by atoms with van der Waals surface area (Å²) in [4.78, 5) is 0. The number of benzene rings is 1. The molecule has 2 atom stereocenters. The van der Waals surface area contributed by atoms with Gasteiger partial charge in [-0.1, -0.05) is 49.2 Å². The van der Waals surface area contributed by atoms with Crippen molar-refractivity contribution in [3.05, 3.63) is 33.8 Å². The van der Waals surface area contributed by atoms with Crippen molar-refractivity contribution in [1.82, 2.24) is 5.32 Å². The minimum absolute atomic E-state index is 0.417. The van der Waals surface area contributed by atoms with Crippen molar-refractivity contribution < 1.29 is 0 Å². The predicted molar refractivity (Wildman–Crippen MR) is 72.6 cm³/mol. The zero-order chi connectivity index (χ0) is 12.1. The van der Waals surface area contributed by atoms with E-state index in [4.69, 9.17) is 23.2 Å². The third-order valence-corrected chi connectivity index (χ3v) is 3.61. The SMILES string of the molecule is CCNC(C)CC(C)c1cccc(Cl)c1Cl. The highest BCUT2D eigenvalue weighted by Gasteiger charge is 2.14. The second kappa shape index (κ2) is 6.48. The first-order chi connectivity index (χ1) is 7.56. The van der Waals surface area contributed by atoms with Gasteiger partial charge in [-0.3, -0.25) is 0 Å².